The van der Waals surface area contributed by atoms with Crippen molar-refractivity contribution in [2.24, 2.45) is 0 Å². The van der Waals surface area contributed by atoms with Crippen LogP contribution in [-0.4, -0.2) is 25.8 Å². The number of nitrogens with one attached hydrogen (secondary N) is 2. The molecule has 2 rings (SSSR count). The number of amides is 2. The summed E-state index contributed by atoms with van der Waals surface area (Å²) in [6.07, 6.45) is 1.63. The second kappa shape index (κ2) is 10.1. The van der Waals surface area contributed by atoms with Crippen LogP contribution in [0.5, 0.6) is 5.75 Å². The Morgan fingerprint density at radius 3 is 2.71 bits per heavy atom. The zero-order valence-corrected chi connectivity index (χ0v) is 13.5. The third-order valence-electron chi connectivity index (χ3n) is 3.10. The second-order valence-corrected chi connectivity index (χ2v) is 5.04. The Balaban J connectivity index is 1.70. The van der Waals surface area contributed by atoms with E-state index in [4.69, 9.17) is 9.47 Å². The van der Waals surface area contributed by atoms with E-state index in [1.807, 2.05) is 54.6 Å². The Labute approximate surface area is 142 Å². The van der Waals surface area contributed by atoms with E-state index in [1.54, 1.807) is 6.08 Å². The van der Waals surface area contributed by atoms with Crippen molar-refractivity contribution in [1.29, 1.82) is 0 Å². The molecule has 126 valence electrons. The standard InChI is InChI=1S/C19H22N2O3/c1-2-11-20-19(22)21-17-8-6-7-16(14-17)15-23-12-13-24-18-9-4-3-5-10-18/h2-10,14H,1,11-13,15H2,(H2,20,21,22). The topological polar surface area (TPSA) is 59.6 Å². The molecule has 0 saturated carbocycles. The van der Waals surface area contributed by atoms with Crippen LogP contribution in [0.4, 0.5) is 10.5 Å². The molecule has 0 aromatic heterocycles. The number of hydrogen-bond acceptors (Lipinski definition) is 3. The molecule has 0 fully saturated rings. The van der Waals surface area contributed by atoms with E-state index >= 15 is 0 Å². The van der Waals surface area contributed by atoms with Crippen molar-refractivity contribution in [3.05, 3.63) is 72.8 Å². The summed E-state index contributed by atoms with van der Waals surface area (Å²) in [6.45, 7) is 5.42. The van der Waals surface area contributed by atoms with Crippen molar-refractivity contribution in [3.63, 3.8) is 0 Å². The van der Waals surface area contributed by atoms with Gasteiger partial charge in [-0.2, -0.15) is 0 Å². The van der Waals surface area contributed by atoms with Crippen LogP contribution in [0, 0.1) is 0 Å². The molecule has 0 radical (unpaired) electrons. The van der Waals surface area contributed by atoms with Crippen LogP contribution in [0.25, 0.3) is 0 Å². The normalized spacial score (nSPS) is 10.0. The SMILES string of the molecule is C=CCNC(=O)Nc1cccc(COCCOc2ccccc2)c1. The van der Waals surface area contributed by atoms with Gasteiger partial charge in [-0.1, -0.05) is 36.4 Å². The van der Waals surface area contributed by atoms with Crippen LogP contribution >= 0.6 is 0 Å². The molecule has 0 aliphatic rings. The smallest absolute Gasteiger partial charge is 0.319 e. The number of carbonyl (C=O) groups is 1. The van der Waals surface area contributed by atoms with Gasteiger partial charge in [0.1, 0.15) is 12.4 Å². The zero-order valence-electron chi connectivity index (χ0n) is 13.5. The van der Waals surface area contributed by atoms with Crippen molar-refractivity contribution >= 4 is 11.7 Å². The lowest BCUT2D eigenvalue weighted by molar-refractivity contribution is 0.0889. The van der Waals surface area contributed by atoms with Crippen LogP contribution in [0.15, 0.2) is 67.3 Å². The van der Waals surface area contributed by atoms with E-state index in [9.17, 15) is 4.79 Å². The highest BCUT2D eigenvalue weighted by Gasteiger charge is 2.01. The molecule has 5 heteroatoms. The average molecular weight is 326 g/mol. The minimum absolute atomic E-state index is 0.260. The summed E-state index contributed by atoms with van der Waals surface area (Å²) in [7, 11) is 0. The zero-order chi connectivity index (χ0) is 17.0. The molecular weight excluding hydrogens is 304 g/mol. The van der Waals surface area contributed by atoms with Crippen LogP contribution < -0.4 is 15.4 Å². The fourth-order valence-electron chi connectivity index (χ4n) is 2.00. The number of hydrogen-bond donors (Lipinski definition) is 2. The Morgan fingerprint density at radius 2 is 1.92 bits per heavy atom. The molecule has 2 aromatic rings. The van der Waals surface area contributed by atoms with Crippen molar-refractivity contribution in [3.8, 4) is 5.75 Å². The van der Waals surface area contributed by atoms with Crippen molar-refractivity contribution in [1.82, 2.24) is 5.32 Å². The largest absolute Gasteiger partial charge is 0.491 e. The molecule has 0 aliphatic heterocycles. The highest BCUT2D eigenvalue weighted by molar-refractivity contribution is 5.89. The van der Waals surface area contributed by atoms with Gasteiger partial charge in [-0.15, -0.1) is 6.58 Å². The van der Waals surface area contributed by atoms with Crippen molar-refractivity contribution < 1.29 is 14.3 Å². The predicted molar refractivity (Wildman–Crippen MR) is 95.3 cm³/mol. The van der Waals surface area contributed by atoms with E-state index in [0.29, 0.717) is 26.4 Å². The van der Waals surface area contributed by atoms with Gasteiger partial charge in [0.05, 0.1) is 13.2 Å². The van der Waals surface area contributed by atoms with Gasteiger partial charge >= 0.3 is 6.03 Å². The Morgan fingerprint density at radius 1 is 1.08 bits per heavy atom. The maximum absolute atomic E-state index is 11.6. The number of urea groups is 1. The summed E-state index contributed by atoms with van der Waals surface area (Å²) in [5.41, 5.74) is 1.70. The first-order chi connectivity index (χ1) is 11.8. The van der Waals surface area contributed by atoms with Gasteiger partial charge in [-0.25, -0.2) is 4.79 Å². The van der Waals surface area contributed by atoms with Crippen LogP contribution in [0.1, 0.15) is 5.56 Å². The lowest BCUT2D eigenvalue weighted by atomic mass is 10.2. The first kappa shape index (κ1) is 17.6. The van der Waals surface area contributed by atoms with Gasteiger partial charge in [-0.3, -0.25) is 0 Å². The molecule has 0 heterocycles. The molecule has 5 nitrogen and oxygen atoms in total. The van der Waals surface area contributed by atoms with Crippen LogP contribution in [-0.2, 0) is 11.3 Å². The highest BCUT2D eigenvalue weighted by Crippen LogP contribution is 2.12. The molecule has 0 aliphatic carbocycles. The summed E-state index contributed by atoms with van der Waals surface area (Å²) < 4.78 is 11.2. The minimum atomic E-state index is -0.260. The summed E-state index contributed by atoms with van der Waals surface area (Å²) in [4.78, 5) is 11.6. The van der Waals surface area contributed by atoms with Crippen molar-refractivity contribution in [2.75, 3.05) is 25.1 Å². The third-order valence-corrected chi connectivity index (χ3v) is 3.10. The first-order valence-corrected chi connectivity index (χ1v) is 7.78. The van der Waals surface area contributed by atoms with Crippen LogP contribution in [0.3, 0.4) is 0 Å². The van der Waals surface area contributed by atoms with Gasteiger partial charge in [0, 0.05) is 12.2 Å². The average Bonchev–Trinajstić information content (AvgIpc) is 2.61. The first-order valence-electron chi connectivity index (χ1n) is 7.78. The number of benzene rings is 2. The van der Waals surface area contributed by atoms with E-state index in [2.05, 4.69) is 17.2 Å². The fraction of sp³-hybridized carbons (Fsp3) is 0.211. The second-order valence-electron chi connectivity index (χ2n) is 5.04. The van der Waals surface area contributed by atoms with E-state index in [1.165, 1.54) is 0 Å². The van der Waals surface area contributed by atoms with E-state index in [-0.39, 0.29) is 6.03 Å². The third kappa shape index (κ3) is 6.54. The number of anilines is 1. The quantitative estimate of drug-likeness (QED) is 0.547. The van der Waals surface area contributed by atoms with Gasteiger partial charge < -0.3 is 20.1 Å². The number of para-hydroxylation sites is 1. The van der Waals surface area contributed by atoms with Gasteiger partial charge in [-0.05, 0) is 29.8 Å². The Bertz CT molecular complexity index is 644. The van der Waals surface area contributed by atoms with E-state index < -0.39 is 0 Å². The number of carbonyl (C=O) groups excluding carboxylic acids is 1. The maximum Gasteiger partial charge on any atom is 0.319 e. The van der Waals surface area contributed by atoms with Gasteiger partial charge in [0.25, 0.3) is 0 Å². The molecule has 0 unspecified atom stereocenters. The summed E-state index contributed by atoms with van der Waals surface area (Å²) in [5, 5.41) is 5.42. The maximum atomic E-state index is 11.6. The number of ether oxygens (including phenoxy) is 2. The highest BCUT2D eigenvalue weighted by atomic mass is 16.5. The molecular formula is C19H22N2O3. The molecule has 2 amide bonds. The summed E-state index contributed by atoms with van der Waals surface area (Å²) in [6, 6.07) is 16.9. The molecule has 24 heavy (non-hydrogen) atoms. The molecule has 2 aromatic carbocycles. The summed E-state index contributed by atoms with van der Waals surface area (Å²) in [5.74, 6) is 0.831. The Kier molecular flexibility index (Phi) is 7.37. The molecule has 0 atom stereocenters. The number of rotatable bonds is 9. The lowest BCUT2D eigenvalue weighted by Gasteiger charge is -2.09. The van der Waals surface area contributed by atoms with Gasteiger partial charge in [0.15, 0.2) is 0 Å². The molecule has 0 saturated heterocycles. The van der Waals surface area contributed by atoms with Crippen LogP contribution in [0.2, 0.25) is 0 Å². The van der Waals surface area contributed by atoms with E-state index in [0.717, 1.165) is 17.0 Å². The van der Waals surface area contributed by atoms with Gasteiger partial charge in [0.2, 0.25) is 0 Å². The molecule has 0 spiro atoms. The lowest BCUT2D eigenvalue weighted by Crippen LogP contribution is -2.28. The summed E-state index contributed by atoms with van der Waals surface area (Å²) >= 11 is 0. The fourth-order valence-corrected chi connectivity index (χ4v) is 2.00. The predicted octanol–water partition coefficient (Wildman–Crippen LogP) is 3.59. The minimum Gasteiger partial charge on any atom is -0.491 e. The monoisotopic (exact) mass is 326 g/mol. The Hall–Kier alpha value is -2.79. The van der Waals surface area contributed by atoms with Crippen molar-refractivity contribution in [2.45, 2.75) is 6.61 Å². The molecule has 0 bridgehead atoms. The molecule has 2 N–H and O–H groups in total.